The molecule has 0 heterocycles. The van der Waals surface area contributed by atoms with Crippen molar-refractivity contribution >= 4 is 12.4 Å². The molecule has 0 saturated heterocycles. The maximum atomic E-state index is 9.81. The molecule has 4 heteroatoms. The first-order chi connectivity index (χ1) is 11.6. The summed E-state index contributed by atoms with van der Waals surface area (Å²) in [4.78, 5) is 9.02. The summed E-state index contributed by atoms with van der Waals surface area (Å²) in [5.41, 5.74) is 1.40. The molecule has 0 radical (unpaired) electrons. The molecule has 2 N–H and O–H groups in total. The van der Waals surface area contributed by atoms with Crippen molar-refractivity contribution in [1.29, 1.82) is 0 Å². The molecule has 1 atom stereocenters. The number of rotatable bonds is 7. The Labute approximate surface area is 143 Å². The average Bonchev–Trinajstić information content (AvgIpc) is 2.55. The van der Waals surface area contributed by atoms with Gasteiger partial charge >= 0.3 is 0 Å². The van der Waals surface area contributed by atoms with Crippen LogP contribution in [0.2, 0.25) is 0 Å². The third kappa shape index (κ3) is 5.54. The van der Waals surface area contributed by atoms with Crippen molar-refractivity contribution < 1.29 is 10.2 Å². The fourth-order valence-electron chi connectivity index (χ4n) is 2.38. The topological polar surface area (TPSA) is 65.2 Å². The van der Waals surface area contributed by atoms with E-state index in [0.717, 1.165) is 6.42 Å². The van der Waals surface area contributed by atoms with Gasteiger partial charge in [0.15, 0.2) is 0 Å². The number of nitrogens with zero attached hydrogens (tertiary/aromatic N) is 2. The molecule has 0 bridgehead atoms. The molecule has 24 heavy (non-hydrogen) atoms. The highest BCUT2D eigenvalue weighted by atomic mass is 16.3. The van der Waals surface area contributed by atoms with Crippen LogP contribution in [0.5, 0.6) is 11.5 Å². The first-order valence-corrected chi connectivity index (χ1v) is 8.15. The van der Waals surface area contributed by atoms with E-state index in [1.807, 2.05) is 24.3 Å². The predicted molar refractivity (Wildman–Crippen MR) is 99.5 cm³/mol. The van der Waals surface area contributed by atoms with Crippen molar-refractivity contribution in [3.05, 3.63) is 59.7 Å². The van der Waals surface area contributed by atoms with Gasteiger partial charge in [-0.25, -0.2) is 0 Å². The second kappa shape index (κ2) is 8.87. The van der Waals surface area contributed by atoms with Crippen LogP contribution in [0.4, 0.5) is 0 Å². The molecule has 0 spiro atoms. The summed E-state index contributed by atoms with van der Waals surface area (Å²) in [5, 5.41) is 19.6. The van der Waals surface area contributed by atoms with E-state index in [-0.39, 0.29) is 17.5 Å². The number of aliphatic imine (C=N–C) groups is 2. The second-order valence-electron chi connectivity index (χ2n) is 6.17. The predicted octanol–water partition coefficient (Wildman–Crippen LogP) is 4.05. The highest BCUT2D eigenvalue weighted by molar-refractivity contribution is 5.84. The molecule has 0 aromatic heterocycles. The van der Waals surface area contributed by atoms with Gasteiger partial charge in [0, 0.05) is 23.6 Å². The van der Waals surface area contributed by atoms with Gasteiger partial charge in [0.1, 0.15) is 11.5 Å². The van der Waals surface area contributed by atoms with Gasteiger partial charge in [-0.15, -0.1) is 0 Å². The van der Waals surface area contributed by atoms with Crippen LogP contribution in [0.3, 0.4) is 0 Å². The van der Waals surface area contributed by atoms with Crippen LogP contribution in [0, 0.1) is 5.92 Å². The van der Waals surface area contributed by atoms with Crippen LogP contribution in [0.1, 0.15) is 31.4 Å². The van der Waals surface area contributed by atoms with Gasteiger partial charge in [0.25, 0.3) is 0 Å². The first kappa shape index (κ1) is 17.7. The summed E-state index contributed by atoms with van der Waals surface area (Å²) in [6, 6.07) is 14.3. The summed E-state index contributed by atoms with van der Waals surface area (Å²) in [7, 11) is 0. The van der Waals surface area contributed by atoms with E-state index in [2.05, 4.69) is 23.8 Å². The van der Waals surface area contributed by atoms with Crippen LogP contribution in [-0.4, -0.2) is 35.2 Å². The van der Waals surface area contributed by atoms with Crippen molar-refractivity contribution in [2.45, 2.75) is 26.3 Å². The van der Waals surface area contributed by atoms with Gasteiger partial charge in [0.2, 0.25) is 0 Å². The fraction of sp³-hybridized carbons (Fsp3) is 0.300. The SMILES string of the molecule is CC(C)C[C@@H](CN=Cc1ccccc1O)N=Cc1ccccc1O. The van der Waals surface area contributed by atoms with Crippen LogP contribution < -0.4 is 0 Å². The number of hydrogen-bond acceptors (Lipinski definition) is 4. The average molecular weight is 324 g/mol. The Hall–Kier alpha value is -2.62. The van der Waals surface area contributed by atoms with E-state index in [0.29, 0.717) is 23.6 Å². The van der Waals surface area contributed by atoms with Gasteiger partial charge in [-0.05, 0) is 36.6 Å². The Morgan fingerprint density at radius 2 is 1.42 bits per heavy atom. The molecule has 0 aliphatic rings. The zero-order chi connectivity index (χ0) is 17.4. The zero-order valence-corrected chi connectivity index (χ0v) is 14.1. The van der Waals surface area contributed by atoms with E-state index < -0.39 is 0 Å². The number of aromatic hydroxyl groups is 2. The number of phenols is 2. The summed E-state index contributed by atoms with van der Waals surface area (Å²) >= 11 is 0. The van der Waals surface area contributed by atoms with Crippen LogP contribution >= 0.6 is 0 Å². The molecule has 0 unspecified atom stereocenters. The van der Waals surface area contributed by atoms with E-state index in [1.54, 1.807) is 36.7 Å². The van der Waals surface area contributed by atoms with Crippen LogP contribution in [-0.2, 0) is 0 Å². The minimum Gasteiger partial charge on any atom is -0.507 e. The van der Waals surface area contributed by atoms with Gasteiger partial charge in [-0.1, -0.05) is 38.1 Å². The van der Waals surface area contributed by atoms with Crippen molar-refractivity contribution in [3.8, 4) is 11.5 Å². The lowest BCUT2D eigenvalue weighted by molar-refractivity contribution is 0.473. The van der Waals surface area contributed by atoms with Crippen LogP contribution in [0.15, 0.2) is 58.5 Å². The fourth-order valence-corrected chi connectivity index (χ4v) is 2.38. The monoisotopic (exact) mass is 324 g/mol. The normalized spacial score (nSPS) is 13.1. The van der Waals surface area contributed by atoms with Crippen LogP contribution in [0.25, 0.3) is 0 Å². The quantitative estimate of drug-likeness (QED) is 0.755. The van der Waals surface area contributed by atoms with Gasteiger partial charge in [0.05, 0.1) is 12.6 Å². The van der Waals surface area contributed by atoms with E-state index in [4.69, 9.17) is 0 Å². The maximum Gasteiger partial charge on any atom is 0.124 e. The van der Waals surface area contributed by atoms with Gasteiger partial charge in [-0.2, -0.15) is 0 Å². The number of phenolic OH excluding ortho intramolecular Hbond substituents is 2. The third-order valence-corrected chi connectivity index (χ3v) is 3.59. The molecular weight excluding hydrogens is 300 g/mol. The minimum absolute atomic E-state index is 0.0340. The zero-order valence-electron chi connectivity index (χ0n) is 14.1. The largest absolute Gasteiger partial charge is 0.507 e. The lowest BCUT2D eigenvalue weighted by Gasteiger charge is -2.12. The summed E-state index contributed by atoms with van der Waals surface area (Å²) in [5.74, 6) is 0.943. The van der Waals surface area contributed by atoms with Crippen molar-refractivity contribution in [2.75, 3.05) is 6.54 Å². The Morgan fingerprint density at radius 1 is 0.875 bits per heavy atom. The molecule has 2 rings (SSSR count). The lowest BCUT2D eigenvalue weighted by atomic mass is 10.0. The third-order valence-electron chi connectivity index (χ3n) is 3.59. The second-order valence-corrected chi connectivity index (χ2v) is 6.17. The Morgan fingerprint density at radius 3 is 1.96 bits per heavy atom. The molecule has 2 aromatic carbocycles. The summed E-state index contributed by atoms with van der Waals surface area (Å²) in [6.07, 6.45) is 4.29. The van der Waals surface area contributed by atoms with E-state index in [1.165, 1.54) is 0 Å². The van der Waals surface area contributed by atoms with Crippen molar-refractivity contribution in [1.82, 2.24) is 0 Å². The van der Waals surface area contributed by atoms with Crippen molar-refractivity contribution in [2.24, 2.45) is 15.9 Å². The molecular formula is C20H24N2O2. The Kier molecular flexibility index (Phi) is 6.55. The highest BCUT2D eigenvalue weighted by Gasteiger charge is 2.08. The van der Waals surface area contributed by atoms with Gasteiger partial charge in [-0.3, -0.25) is 9.98 Å². The van der Waals surface area contributed by atoms with Gasteiger partial charge < -0.3 is 10.2 Å². The van der Waals surface area contributed by atoms with E-state index >= 15 is 0 Å². The lowest BCUT2D eigenvalue weighted by Crippen LogP contribution is -2.13. The number of para-hydroxylation sites is 2. The molecule has 0 saturated carbocycles. The maximum absolute atomic E-state index is 9.81. The standard InChI is InChI=1S/C20H24N2O2/c1-15(2)11-18(22-13-17-8-4-6-10-20(17)24)14-21-12-16-7-3-5-9-19(16)23/h3-10,12-13,15,18,23-24H,11,14H2,1-2H3/t18-/m0/s1. The van der Waals surface area contributed by atoms with Crippen molar-refractivity contribution in [3.63, 3.8) is 0 Å². The molecule has 2 aromatic rings. The Bertz CT molecular complexity index is 708. The molecule has 0 aliphatic carbocycles. The molecule has 0 aliphatic heterocycles. The minimum atomic E-state index is 0.0340. The molecule has 0 fully saturated rings. The summed E-state index contributed by atoms with van der Waals surface area (Å²) < 4.78 is 0. The Balaban J connectivity index is 2.06. The first-order valence-electron chi connectivity index (χ1n) is 8.15. The number of hydrogen-bond donors (Lipinski definition) is 2. The van der Waals surface area contributed by atoms with E-state index in [9.17, 15) is 10.2 Å². The molecule has 4 nitrogen and oxygen atoms in total. The molecule has 126 valence electrons. The molecule has 0 amide bonds. The smallest absolute Gasteiger partial charge is 0.124 e. The summed E-state index contributed by atoms with van der Waals surface area (Å²) in [6.45, 7) is 4.83. The highest BCUT2D eigenvalue weighted by Crippen LogP contribution is 2.16. The number of benzene rings is 2.